The number of carbonyl (C=O) groups excluding carboxylic acids is 1. The number of ether oxygens (including phenoxy) is 1. The Morgan fingerprint density at radius 2 is 2.43 bits per heavy atom. The average Bonchev–Trinajstić information content (AvgIpc) is 2.27. The summed E-state index contributed by atoms with van der Waals surface area (Å²) in [5, 5.41) is 0. The summed E-state index contributed by atoms with van der Waals surface area (Å²) in [7, 11) is 0. The smallest absolute Gasteiger partial charge is 0.249 e. The van der Waals surface area contributed by atoms with Crippen LogP contribution < -0.4 is 5.73 Å². The van der Waals surface area contributed by atoms with Crippen LogP contribution >= 0.6 is 0 Å². The molecule has 4 heteroatoms. The third-order valence-corrected chi connectivity index (χ3v) is 2.46. The molecule has 2 N–H and O–H groups in total. The second-order valence-electron chi connectivity index (χ2n) is 3.45. The molecule has 0 spiro atoms. The standard InChI is InChI=1S/C10H18N2O2/c1-3-8(2)10(13)12-4-5-14-9(6-11)7-12/h3,9H,4-7,11H2,1-2H3/b8-3+. The molecule has 1 aliphatic heterocycles. The second-order valence-corrected chi connectivity index (χ2v) is 3.45. The van der Waals surface area contributed by atoms with Crippen molar-refractivity contribution < 1.29 is 9.53 Å². The van der Waals surface area contributed by atoms with Crippen molar-refractivity contribution in [3.8, 4) is 0 Å². The summed E-state index contributed by atoms with van der Waals surface area (Å²) in [5.74, 6) is 0.0919. The normalized spacial score (nSPS) is 23.8. The van der Waals surface area contributed by atoms with Crippen LogP contribution in [0.1, 0.15) is 13.8 Å². The Kier molecular flexibility index (Phi) is 4.10. The molecule has 0 aromatic heterocycles. The number of nitrogens with zero attached hydrogens (tertiary/aromatic N) is 1. The zero-order valence-electron chi connectivity index (χ0n) is 8.82. The van der Waals surface area contributed by atoms with E-state index in [1.165, 1.54) is 0 Å². The number of rotatable bonds is 2. The predicted octanol–water partition coefficient (Wildman–Crippen LogP) is 0.139. The van der Waals surface area contributed by atoms with Gasteiger partial charge in [0.05, 0.1) is 12.7 Å². The van der Waals surface area contributed by atoms with E-state index in [2.05, 4.69) is 0 Å². The van der Waals surface area contributed by atoms with E-state index in [0.29, 0.717) is 26.2 Å². The first-order chi connectivity index (χ1) is 6.69. The maximum Gasteiger partial charge on any atom is 0.249 e. The van der Waals surface area contributed by atoms with Gasteiger partial charge in [0.1, 0.15) is 0 Å². The Hall–Kier alpha value is -0.870. The first kappa shape index (κ1) is 11.2. The van der Waals surface area contributed by atoms with Gasteiger partial charge in [0.25, 0.3) is 0 Å². The predicted molar refractivity (Wildman–Crippen MR) is 54.8 cm³/mol. The minimum absolute atomic E-state index is 0.00245. The van der Waals surface area contributed by atoms with Crippen molar-refractivity contribution in [3.05, 3.63) is 11.6 Å². The molecule has 0 aromatic carbocycles. The van der Waals surface area contributed by atoms with Crippen molar-refractivity contribution in [2.24, 2.45) is 5.73 Å². The Balaban J connectivity index is 2.56. The van der Waals surface area contributed by atoms with Gasteiger partial charge in [0.2, 0.25) is 5.91 Å². The van der Waals surface area contributed by atoms with Crippen LogP contribution in [0.4, 0.5) is 0 Å². The lowest BCUT2D eigenvalue weighted by Gasteiger charge is -2.32. The van der Waals surface area contributed by atoms with Crippen LogP contribution in [0.3, 0.4) is 0 Å². The van der Waals surface area contributed by atoms with Crippen LogP contribution in [-0.2, 0) is 9.53 Å². The summed E-state index contributed by atoms with van der Waals surface area (Å²) in [5.41, 5.74) is 6.28. The Morgan fingerprint density at radius 3 is 3.00 bits per heavy atom. The van der Waals surface area contributed by atoms with Gasteiger partial charge < -0.3 is 15.4 Å². The third kappa shape index (κ3) is 2.56. The minimum atomic E-state index is -0.00245. The molecule has 14 heavy (non-hydrogen) atoms. The van der Waals surface area contributed by atoms with Gasteiger partial charge in [-0.25, -0.2) is 0 Å². The summed E-state index contributed by atoms with van der Waals surface area (Å²) >= 11 is 0. The van der Waals surface area contributed by atoms with E-state index in [1.54, 1.807) is 4.90 Å². The Labute approximate surface area is 84.7 Å². The number of morpholine rings is 1. The number of allylic oxidation sites excluding steroid dienone is 1. The van der Waals surface area contributed by atoms with Crippen molar-refractivity contribution in [1.82, 2.24) is 4.90 Å². The molecular formula is C10H18N2O2. The van der Waals surface area contributed by atoms with Gasteiger partial charge in [0, 0.05) is 25.2 Å². The fourth-order valence-corrected chi connectivity index (χ4v) is 1.42. The second kappa shape index (κ2) is 5.12. The highest BCUT2D eigenvalue weighted by Gasteiger charge is 2.23. The molecule has 1 rings (SSSR count). The molecule has 0 bridgehead atoms. The summed E-state index contributed by atoms with van der Waals surface area (Å²) < 4.78 is 5.38. The van der Waals surface area contributed by atoms with Gasteiger partial charge in [-0.3, -0.25) is 4.79 Å². The lowest BCUT2D eigenvalue weighted by atomic mass is 10.2. The van der Waals surface area contributed by atoms with Crippen LogP contribution in [0.2, 0.25) is 0 Å². The monoisotopic (exact) mass is 198 g/mol. The number of hydrogen-bond donors (Lipinski definition) is 1. The molecule has 1 heterocycles. The van der Waals surface area contributed by atoms with E-state index in [4.69, 9.17) is 10.5 Å². The topological polar surface area (TPSA) is 55.6 Å². The highest BCUT2D eigenvalue weighted by Crippen LogP contribution is 2.08. The maximum absolute atomic E-state index is 11.8. The summed E-state index contributed by atoms with van der Waals surface area (Å²) in [6.45, 7) is 6.04. The van der Waals surface area contributed by atoms with Crippen molar-refractivity contribution in [1.29, 1.82) is 0 Å². The van der Waals surface area contributed by atoms with Gasteiger partial charge in [-0.05, 0) is 13.8 Å². The van der Waals surface area contributed by atoms with Gasteiger partial charge in [-0.15, -0.1) is 0 Å². The molecule has 0 aliphatic carbocycles. The van der Waals surface area contributed by atoms with Gasteiger partial charge >= 0.3 is 0 Å². The highest BCUT2D eigenvalue weighted by molar-refractivity contribution is 5.92. The van der Waals surface area contributed by atoms with Gasteiger partial charge in [0.15, 0.2) is 0 Å². The van der Waals surface area contributed by atoms with E-state index in [1.807, 2.05) is 19.9 Å². The molecule has 1 atom stereocenters. The highest BCUT2D eigenvalue weighted by atomic mass is 16.5. The zero-order chi connectivity index (χ0) is 10.6. The quantitative estimate of drug-likeness (QED) is 0.642. The van der Waals surface area contributed by atoms with Crippen molar-refractivity contribution in [2.75, 3.05) is 26.2 Å². The van der Waals surface area contributed by atoms with Crippen molar-refractivity contribution in [2.45, 2.75) is 20.0 Å². The molecule has 1 saturated heterocycles. The number of hydrogen-bond acceptors (Lipinski definition) is 3. The van der Waals surface area contributed by atoms with Crippen LogP contribution in [-0.4, -0.2) is 43.2 Å². The van der Waals surface area contributed by atoms with Crippen molar-refractivity contribution >= 4 is 5.91 Å². The number of nitrogens with two attached hydrogens (primary N) is 1. The van der Waals surface area contributed by atoms with Crippen LogP contribution in [0.15, 0.2) is 11.6 Å². The molecule has 1 amide bonds. The molecule has 0 radical (unpaired) electrons. The van der Waals surface area contributed by atoms with Gasteiger partial charge in [-0.1, -0.05) is 6.08 Å². The molecule has 4 nitrogen and oxygen atoms in total. The lowest BCUT2D eigenvalue weighted by molar-refractivity contribution is -0.134. The van der Waals surface area contributed by atoms with Crippen LogP contribution in [0.5, 0.6) is 0 Å². The zero-order valence-corrected chi connectivity index (χ0v) is 8.82. The van der Waals surface area contributed by atoms with Crippen LogP contribution in [0, 0.1) is 0 Å². The summed E-state index contributed by atoms with van der Waals surface area (Å²) in [6.07, 6.45) is 1.83. The number of carbonyl (C=O) groups is 1. The first-order valence-electron chi connectivity index (χ1n) is 4.93. The van der Waals surface area contributed by atoms with Crippen molar-refractivity contribution in [3.63, 3.8) is 0 Å². The fraction of sp³-hybridized carbons (Fsp3) is 0.700. The molecule has 1 unspecified atom stereocenters. The molecular weight excluding hydrogens is 180 g/mol. The average molecular weight is 198 g/mol. The van der Waals surface area contributed by atoms with Crippen LogP contribution in [0.25, 0.3) is 0 Å². The van der Waals surface area contributed by atoms with Gasteiger partial charge in [-0.2, -0.15) is 0 Å². The SMILES string of the molecule is C/C=C(\C)C(=O)N1CCOC(CN)C1. The molecule has 0 saturated carbocycles. The summed E-state index contributed by atoms with van der Waals surface area (Å²) in [4.78, 5) is 13.6. The Bertz CT molecular complexity index is 238. The molecule has 1 aliphatic rings. The lowest BCUT2D eigenvalue weighted by Crippen LogP contribution is -2.48. The largest absolute Gasteiger partial charge is 0.373 e. The Morgan fingerprint density at radius 1 is 1.71 bits per heavy atom. The third-order valence-electron chi connectivity index (χ3n) is 2.46. The number of amides is 1. The minimum Gasteiger partial charge on any atom is -0.373 e. The van der Waals surface area contributed by atoms with E-state index >= 15 is 0 Å². The maximum atomic E-state index is 11.8. The summed E-state index contributed by atoms with van der Waals surface area (Å²) in [6, 6.07) is 0. The molecule has 80 valence electrons. The fourth-order valence-electron chi connectivity index (χ4n) is 1.42. The van der Waals surface area contributed by atoms with E-state index < -0.39 is 0 Å². The van der Waals surface area contributed by atoms with E-state index in [0.717, 1.165) is 5.57 Å². The van der Waals surface area contributed by atoms with E-state index in [9.17, 15) is 4.79 Å². The van der Waals surface area contributed by atoms with E-state index in [-0.39, 0.29) is 12.0 Å². The first-order valence-corrected chi connectivity index (χ1v) is 4.93. The molecule has 1 fully saturated rings. The molecule has 0 aromatic rings.